The van der Waals surface area contributed by atoms with Gasteiger partial charge in [-0.05, 0) is 79.9 Å². The number of carbonyl (C=O) groups excluding carboxylic acids is 4. The number of unbranched alkanes of at least 4 members (excludes halogenated alkanes) is 2. The summed E-state index contributed by atoms with van der Waals surface area (Å²) >= 11 is 0. The van der Waals surface area contributed by atoms with Crippen molar-refractivity contribution in [1.29, 1.82) is 0 Å². The van der Waals surface area contributed by atoms with Gasteiger partial charge in [-0.2, -0.15) is 0 Å². The van der Waals surface area contributed by atoms with Crippen molar-refractivity contribution in [3.63, 3.8) is 0 Å². The van der Waals surface area contributed by atoms with Crippen LogP contribution in [-0.4, -0.2) is 49.7 Å². The lowest BCUT2D eigenvalue weighted by Crippen LogP contribution is -2.30. The lowest BCUT2D eigenvalue weighted by Gasteiger charge is -2.09. The van der Waals surface area contributed by atoms with E-state index in [2.05, 4.69) is 23.8 Å². The molecule has 8 nitrogen and oxygen atoms in total. The van der Waals surface area contributed by atoms with E-state index in [9.17, 15) is 19.2 Å². The van der Waals surface area contributed by atoms with Crippen LogP contribution in [0.5, 0.6) is 11.5 Å². The van der Waals surface area contributed by atoms with Gasteiger partial charge in [0, 0.05) is 24.2 Å². The molecule has 0 radical (unpaired) electrons. The second-order valence-corrected chi connectivity index (χ2v) is 7.52. The first kappa shape index (κ1) is 27.0. The molecular weight excluding hydrogens is 448 g/mol. The van der Waals surface area contributed by atoms with Crippen molar-refractivity contribution in [3.05, 3.63) is 85.0 Å². The van der Waals surface area contributed by atoms with Crippen molar-refractivity contribution in [2.75, 3.05) is 26.3 Å². The van der Waals surface area contributed by atoms with E-state index in [0.717, 1.165) is 19.3 Å². The Labute approximate surface area is 205 Å². The number of allylic oxidation sites excluding steroid dienone is 2. The predicted octanol–water partition coefficient (Wildman–Crippen LogP) is 3.28. The first-order valence-corrected chi connectivity index (χ1v) is 11.3. The fourth-order valence-electron chi connectivity index (χ4n) is 2.95. The quantitative estimate of drug-likeness (QED) is 0.218. The number of rotatable bonds is 16. The maximum Gasteiger partial charge on any atom is 0.257 e. The van der Waals surface area contributed by atoms with E-state index in [0.29, 0.717) is 35.7 Å². The molecule has 0 unspecified atom stereocenters. The Hall–Kier alpha value is -4.20. The normalized spacial score (nSPS) is 10.1. The first-order chi connectivity index (χ1) is 16.9. The van der Waals surface area contributed by atoms with Crippen molar-refractivity contribution in [2.45, 2.75) is 19.3 Å². The molecule has 8 heteroatoms. The van der Waals surface area contributed by atoms with Crippen molar-refractivity contribution in [1.82, 2.24) is 10.6 Å². The third-order valence-electron chi connectivity index (χ3n) is 4.89. The molecule has 0 fully saturated rings. The molecule has 0 saturated heterocycles. The van der Waals surface area contributed by atoms with E-state index in [4.69, 9.17) is 9.47 Å². The van der Waals surface area contributed by atoms with Gasteiger partial charge in [-0.3, -0.25) is 19.2 Å². The van der Waals surface area contributed by atoms with Gasteiger partial charge in [0.2, 0.25) is 0 Å². The zero-order chi connectivity index (χ0) is 25.5. The summed E-state index contributed by atoms with van der Waals surface area (Å²) in [4.78, 5) is 46.7. The summed E-state index contributed by atoms with van der Waals surface area (Å²) in [6.07, 6.45) is 4.85. The van der Waals surface area contributed by atoms with Crippen molar-refractivity contribution < 1.29 is 28.7 Å². The summed E-state index contributed by atoms with van der Waals surface area (Å²) in [6.45, 7) is 7.67. The largest absolute Gasteiger partial charge is 0.484 e. The third kappa shape index (κ3) is 10.1. The van der Waals surface area contributed by atoms with Crippen LogP contribution in [-0.2, 0) is 9.59 Å². The van der Waals surface area contributed by atoms with E-state index < -0.39 is 0 Å². The van der Waals surface area contributed by atoms with Gasteiger partial charge in [-0.15, -0.1) is 0 Å². The number of ketones is 2. The Morgan fingerprint density at radius 3 is 1.34 bits per heavy atom. The minimum absolute atomic E-state index is 0.113. The maximum absolute atomic E-state index is 11.9. The van der Waals surface area contributed by atoms with Crippen LogP contribution in [0.25, 0.3) is 0 Å². The second kappa shape index (κ2) is 14.8. The van der Waals surface area contributed by atoms with E-state index in [1.54, 1.807) is 48.5 Å². The second-order valence-electron chi connectivity index (χ2n) is 7.52. The Morgan fingerprint density at radius 1 is 0.629 bits per heavy atom. The summed E-state index contributed by atoms with van der Waals surface area (Å²) < 4.78 is 10.8. The number of amides is 2. The molecule has 2 amide bonds. The highest BCUT2D eigenvalue weighted by molar-refractivity contribution is 6.04. The number of nitrogens with one attached hydrogen (secondary N) is 2. The molecule has 2 aromatic carbocycles. The molecule has 0 saturated carbocycles. The molecule has 0 heterocycles. The molecule has 0 spiro atoms. The summed E-state index contributed by atoms with van der Waals surface area (Å²) in [5.41, 5.74) is 1.02. The zero-order valence-corrected chi connectivity index (χ0v) is 19.6. The van der Waals surface area contributed by atoms with Gasteiger partial charge >= 0.3 is 0 Å². The number of carbonyl (C=O) groups is 4. The standard InChI is InChI=1S/C27H30N2O6/c1-3-24(30)20-8-12-22(13-9-20)34-18-26(32)28-16-6-5-7-17-29-27(33)19-35-23-14-10-21(11-15-23)25(31)4-2/h3-4,8-15H,1-2,5-7,16-19H2,(H,28,32)(H,29,33). The van der Waals surface area contributed by atoms with Gasteiger partial charge in [-0.1, -0.05) is 13.2 Å². The van der Waals surface area contributed by atoms with Crippen LogP contribution in [0, 0.1) is 0 Å². The summed E-state index contributed by atoms with van der Waals surface area (Å²) in [5, 5.41) is 5.56. The predicted molar refractivity (Wildman–Crippen MR) is 133 cm³/mol. The summed E-state index contributed by atoms with van der Waals surface area (Å²) in [6, 6.07) is 13.0. The maximum atomic E-state index is 11.9. The fourth-order valence-corrected chi connectivity index (χ4v) is 2.95. The molecule has 2 aromatic rings. The van der Waals surface area contributed by atoms with E-state index in [1.807, 2.05) is 0 Å². The van der Waals surface area contributed by atoms with Crippen LogP contribution in [0.4, 0.5) is 0 Å². The van der Waals surface area contributed by atoms with Gasteiger partial charge < -0.3 is 20.1 Å². The van der Waals surface area contributed by atoms with Gasteiger partial charge in [0.1, 0.15) is 11.5 Å². The highest BCUT2D eigenvalue weighted by atomic mass is 16.5. The molecular formula is C27H30N2O6. The Kier molecular flexibility index (Phi) is 11.5. The van der Waals surface area contributed by atoms with Gasteiger partial charge in [-0.25, -0.2) is 0 Å². The van der Waals surface area contributed by atoms with Crippen LogP contribution in [0.2, 0.25) is 0 Å². The van der Waals surface area contributed by atoms with Gasteiger partial charge in [0.05, 0.1) is 0 Å². The summed E-state index contributed by atoms with van der Waals surface area (Å²) in [5.74, 6) is 0.187. The monoisotopic (exact) mass is 478 g/mol. The van der Waals surface area contributed by atoms with Gasteiger partial charge in [0.25, 0.3) is 11.8 Å². The third-order valence-corrected chi connectivity index (χ3v) is 4.89. The van der Waals surface area contributed by atoms with Crippen LogP contribution in [0.15, 0.2) is 73.8 Å². The first-order valence-electron chi connectivity index (χ1n) is 11.3. The lowest BCUT2D eigenvalue weighted by molar-refractivity contribution is -0.123. The minimum Gasteiger partial charge on any atom is -0.484 e. The van der Waals surface area contributed by atoms with E-state index in [1.165, 1.54) is 12.2 Å². The average molecular weight is 479 g/mol. The molecule has 2 N–H and O–H groups in total. The molecule has 0 aliphatic heterocycles. The molecule has 2 rings (SSSR count). The minimum atomic E-state index is -0.233. The SMILES string of the molecule is C=CC(=O)c1ccc(OCC(=O)NCCCCCNC(=O)COc2ccc(C(=O)C=C)cc2)cc1. The highest BCUT2D eigenvalue weighted by Crippen LogP contribution is 2.13. The average Bonchev–Trinajstić information content (AvgIpc) is 2.89. The number of ether oxygens (including phenoxy) is 2. The van der Waals surface area contributed by atoms with Crippen LogP contribution < -0.4 is 20.1 Å². The molecule has 35 heavy (non-hydrogen) atoms. The molecule has 0 aliphatic rings. The van der Waals surface area contributed by atoms with Crippen LogP contribution in [0.1, 0.15) is 40.0 Å². The Morgan fingerprint density at radius 2 is 1.00 bits per heavy atom. The topological polar surface area (TPSA) is 111 Å². The molecule has 0 aromatic heterocycles. The molecule has 0 aliphatic carbocycles. The Balaban J connectivity index is 1.49. The fraction of sp³-hybridized carbons (Fsp3) is 0.259. The zero-order valence-electron chi connectivity index (χ0n) is 19.6. The Bertz CT molecular complexity index is 945. The smallest absolute Gasteiger partial charge is 0.257 e. The van der Waals surface area contributed by atoms with Crippen molar-refractivity contribution in [2.24, 2.45) is 0 Å². The molecule has 0 atom stereocenters. The van der Waals surface area contributed by atoms with Crippen molar-refractivity contribution >= 4 is 23.4 Å². The van der Waals surface area contributed by atoms with Crippen molar-refractivity contribution in [3.8, 4) is 11.5 Å². The summed E-state index contributed by atoms with van der Waals surface area (Å²) in [7, 11) is 0. The highest BCUT2D eigenvalue weighted by Gasteiger charge is 2.06. The number of benzene rings is 2. The van der Waals surface area contributed by atoms with E-state index in [-0.39, 0.29) is 36.6 Å². The van der Waals surface area contributed by atoms with Gasteiger partial charge in [0.15, 0.2) is 24.8 Å². The lowest BCUT2D eigenvalue weighted by atomic mass is 10.1. The van der Waals surface area contributed by atoms with Crippen LogP contribution >= 0.6 is 0 Å². The number of hydrogen-bond donors (Lipinski definition) is 2. The number of hydrogen-bond acceptors (Lipinski definition) is 6. The van der Waals surface area contributed by atoms with E-state index >= 15 is 0 Å². The molecule has 184 valence electrons. The van der Waals surface area contributed by atoms with Crippen LogP contribution in [0.3, 0.4) is 0 Å². The molecule has 0 bridgehead atoms.